The summed E-state index contributed by atoms with van der Waals surface area (Å²) in [6, 6.07) is 0. The van der Waals surface area contributed by atoms with Crippen LogP contribution < -0.4 is 0 Å². The molecule has 82 valence electrons. The first kappa shape index (κ1) is 13.1. The second kappa shape index (κ2) is 4.56. The molecule has 0 spiro atoms. The molecule has 0 bridgehead atoms. The van der Waals surface area contributed by atoms with E-state index < -0.39 is 20.8 Å². The van der Waals surface area contributed by atoms with E-state index in [-0.39, 0.29) is 6.61 Å². The fraction of sp³-hybridized carbons (Fsp3) is 0.625. The number of hydrogen-bond donors (Lipinski definition) is 1. The van der Waals surface area contributed by atoms with Crippen LogP contribution >= 0.6 is 0 Å². The summed E-state index contributed by atoms with van der Waals surface area (Å²) in [5.74, 6) is -0.635. The van der Waals surface area contributed by atoms with Gasteiger partial charge in [0.05, 0.1) is 0 Å². The highest BCUT2D eigenvalue weighted by atomic mass is 32.2. The van der Waals surface area contributed by atoms with Crippen molar-refractivity contribution in [1.29, 1.82) is 0 Å². The van der Waals surface area contributed by atoms with E-state index in [2.05, 4.69) is 4.74 Å². The molecule has 0 rings (SSSR count). The molecule has 6 heteroatoms. The van der Waals surface area contributed by atoms with Gasteiger partial charge in [0.1, 0.15) is 11.4 Å². The molecule has 14 heavy (non-hydrogen) atoms. The molecule has 0 radical (unpaired) electrons. The first-order valence-corrected chi connectivity index (χ1v) is 5.41. The lowest BCUT2D eigenvalue weighted by atomic mass is 10.2. The molecule has 0 aliphatic rings. The first-order valence-electron chi connectivity index (χ1n) is 3.97. The average Bonchev–Trinajstić information content (AvgIpc) is 1.99. The third-order valence-electron chi connectivity index (χ3n) is 1.56. The standard InChI is InChI=1S/C8H14O5S/c1-4-5-7(9)13-6-8(2,3)14(10,11)12/h4-5H,6H2,1-3H3,(H,10,11,12). The van der Waals surface area contributed by atoms with Crippen LogP contribution in [-0.2, 0) is 19.6 Å². The Hall–Kier alpha value is -0.880. The Morgan fingerprint density at radius 3 is 2.36 bits per heavy atom. The minimum atomic E-state index is -4.21. The van der Waals surface area contributed by atoms with Crippen LogP contribution in [0.4, 0.5) is 0 Å². The highest BCUT2D eigenvalue weighted by Crippen LogP contribution is 2.14. The minimum Gasteiger partial charge on any atom is -0.461 e. The molecule has 5 nitrogen and oxygen atoms in total. The summed E-state index contributed by atoms with van der Waals surface area (Å²) >= 11 is 0. The Balaban J connectivity index is 4.34. The third kappa shape index (κ3) is 3.89. The summed E-state index contributed by atoms with van der Waals surface area (Å²) in [7, 11) is -4.21. The van der Waals surface area contributed by atoms with Crippen molar-refractivity contribution in [2.75, 3.05) is 6.61 Å². The molecule has 0 aliphatic carbocycles. The van der Waals surface area contributed by atoms with Gasteiger partial charge >= 0.3 is 5.97 Å². The van der Waals surface area contributed by atoms with Crippen LogP contribution in [-0.4, -0.2) is 30.3 Å². The maximum absolute atomic E-state index is 10.8. The molecule has 0 saturated carbocycles. The maximum Gasteiger partial charge on any atom is 0.330 e. The van der Waals surface area contributed by atoms with Crippen molar-refractivity contribution in [2.45, 2.75) is 25.5 Å². The summed E-state index contributed by atoms with van der Waals surface area (Å²) in [6.45, 7) is 3.79. The van der Waals surface area contributed by atoms with Crippen LogP contribution in [0.25, 0.3) is 0 Å². The quantitative estimate of drug-likeness (QED) is 0.431. The van der Waals surface area contributed by atoms with E-state index in [1.807, 2.05) is 0 Å². The van der Waals surface area contributed by atoms with E-state index in [0.717, 1.165) is 0 Å². The topological polar surface area (TPSA) is 80.7 Å². The number of hydrogen-bond acceptors (Lipinski definition) is 4. The largest absolute Gasteiger partial charge is 0.461 e. The van der Waals surface area contributed by atoms with Crippen molar-refractivity contribution in [3.05, 3.63) is 12.2 Å². The highest BCUT2D eigenvalue weighted by molar-refractivity contribution is 7.87. The highest BCUT2D eigenvalue weighted by Gasteiger charge is 2.34. The number of esters is 1. The predicted molar refractivity (Wildman–Crippen MR) is 51.4 cm³/mol. The number of allylic oxidation sites excluding steroid dienone is 1. The van der Waals surface area contributed by atoms with Gasteiger partial charge in [-0.05, 0) is 20.8 Å². The van der Waals surface area contributed by atoms with Crippen LogP contribution in [0.15, 0.2) is 12.2 Å². The molecule has 0 aromatic carbocycles. The monoisotopic (exact) mass is 222 g/mol. The van der Waals surface area contributed by atoms with Crippen LogP contribution in [0.2, 0.25) is 0 Å². The van der Waals surface area contributed by atoms with Crippen LogP contribution in [0.5, 0.6) is 0 Å². The van der Waals surface area contributed by atoms with Crippen LogP contribution in [0.1, 0.15) is 20.8 Å². The molecule has 0 aromatic heterocycles. The molecular weight excluding hydrogens is 208 g/mol. The zero-order chi connectivity index (χ0) is 11.4. The Morgan fingerprint density at radius 2 is 2.00 bits per heavy atom. The van der Waals surface area contributed by atoms with Gasteiger partial charge in [-0.3, -0.25) is 4.55 Å². The normalized spacial score (nSPS) is 13.1. The van der Waals surface area contributed by atoms with Gasteiger partial charge in [0, 0.05) is 6.08 Å². The van der Waals surface area contributed by atoms with Crippen molar-refractivity contribution >= 4 is 16.1 Å². The fourth-order valence-corrected chi connectivity index (χ4v) is 0.711. The van der Waals surface area contributed by atoms with E-state index in [1.54, 1.807) is 6.92 Å². The summed E-state index contributed by atoms with van der Waals surface area (Å²) in [5, 5.41) is 0. The lowest BCUT2D eigenvalue weighted by Gasteiger charge is -2.19. The summed E-state index contributed by atoms with van der Waals surface area (Å²) in [6.07, 6.45) is 2.64. The Labute approximate surface area is 83.5 Å². The third-order valence-corrected chi connectivity index (χ3v) is 3.08. The molecule has 0 fully saturated rings. The van der Waals surface area contributed by atoms with E-state index in [1.165, 1.54) is 26.0 Å². The Kier molecular flexibility index (Phi) is 4.28. The van der Waals surface area contributed by atoms with Crippen LogP contribution in [0.3, 0.4) is 0 Å². The average molecular weight is 222 g/mol. The number of ether oxygens (including phenoxy) is 1. The molecule has 1 N–H and O–H groups in total. The van der Waals surface area contributed by atoms with Gasteiger partial charge < -0.3 is 4.74 Å². The lowest BCUT2D eigenvalue weighted by molar-refractivity contribution is -0.138. The molecule has 0 aromatic rings. The van der Waals surface area contributed by atoms with E-state index in [9.17, 15) is 13.2 Å². The van der Waals surface area contributed by atoms with Gasteiger partial charge in [0.15, 0.2) is 0 Å². The number of carbonyl (C=O) groups excluding carboxylic acids is 1. The van der Waals surface area contributed by atoms with E-state index in [0.29, 0.717) is 0 Å². The maximum atomic E-state index is 10.8. The van der Waals surface area contributed by atoms with Crippen molar-refractivity contribution < 1.29 is 22.5 Å². The SMILES string of the molecule is CC=CC(=O)OCC(C)(C)S(=O)(=O)O. The molecular formula is C8H14O5S. The zero-order valence-electron chi connectivity index (χ0n) is 8.35. The summed E-state index contributed by atoms with van der Waals surface area (Å²) in [4.78, 5) is 10.8. The van der Waals surface area contributed by atoms with Crippen molar-refractivity contribution in [2.24, 2.45) is 0 Å². The zero-order valence-corrected chi connectivity index (χ0v) is 9.17. The smallest absolute Gasteiger partial charge is 0.330 e. The van der Waals surface area contributed by atoms with Crippen molar-refractivity contribution in [3.63, 3.8) is 0 Å². The Bertz CT molecular complexity index is 326. The van der Waals surface area contributed by atoms with Crippen LogP contribution in [0, 0.1) is 0 Å². The van der Waals surface area contributed by atoms with Gasteiger partial charge in [-0.1, -0.05) is 6.08 Å². The second-order valence-corrected chi connectivity index (χ2v) is 5.40. The number of rotatable bonds is 4. The van der Waals surface area contributed by atoms with Gasteiger partial charge in [-0.15, -0.1) is 0 Å². The molecule has 0 heterocycles. The molecule has 0 aliphatic heterocycles. The molecule has 0 amide bonds. The molecule has 0 saturated heterocycles. The summed E-state index contributed by atoms with van der Waals surface area (Å²) in [5.41, 5.74) is 0. The summed E-state index contributed by atoms with van der Waals surface area (Å²) < 4.78 is 33.4. The second-order valence-electron chi connectivity index (χ2n) is 3.34. The van der Waals surface area contributed by atoms with Crippen molar-refractivity contribution in [1.82, 2.24) is 0 Å². The first-order chi connectivity index (χ1) is 6.20. The van der Waals surface area contributed by atoms with Crippen molar-refractivity contribution in [3.8, 4) is 0 Å². The molecule has 0 unspecified atom stereocenters. The predicted octanol–water partition coefficient (Wildman–Crippen LogP) is 0.772. The molecule has 0 atom stereocenters. The lowest BCUT2D eigenvalue weighted by Crippen LogP contribution is -2.37. The van der Waals surface area contributed by atoms with Gasteiger partial charge in [-0.2, -0.15) is 8.42 Å². The van der Waals surface area contributed by atoms with Gasteiger partial charge in [0.25, 0.3) is 10.1 Å². The Morgan fingerprint density at radius 1 is 1.50 bits per heavy atom. The van der Waals surface area contributed by atoms with E-state index in [4.69, 9.17) is 4.55 Å². The van der Waals surface area contributed by atoms with Gasteiger partial charge in [0.2, 0.25) is 0 Å². The number of carbonyl (C=O) groups is 1. The van der Waals surface area contributed by atoms with Gasteiger partial charge in [-0.25, -0.2) is 4.79 Å². The fourth-order valence-electron chi connectivity index (χ4n) is 0.504. The minimum absolute atomic E-state index is 0.380. The van der Waals surface area contributed by atoms with E-state index >= 15 is 0 Å².